The maximum atomic E-state index is 12.6. The summed E-state index contributed by atoms with van der Waals surface area (Å²) in [7, 11) is 1.52. The topological polar surface area (TPSA) is 98.5 Å². The maximum Gasteiger partial charge on any atom is 0.573 e. The Morgan fingerprint density at radius 2 is 1.92 bits per heavy atom. The van der Waals surface area contributed by atoms with Crippen molar-refractivity contribution in [3.8, 4) is 11.5 Å². The molecule has 1 fully saturated rings. The summed E-state index contributed by atoms with van der Waals surface area (Å²) in [5.74, 6) is 0.206. The maximum absolute atomic E-state index is 12.6. The van der Waals surface area contributed by atoms with Crippen LogP contribution in [0.3, 0.4) is 0 Å². The molecule has 1 saturated carbocycles. The SMILES string of the molecule is COc1cc2c(nc1CCC(=O)O)nc(Nc1ccc(OC(F)(F)F)cc1)n2[C@H]1C[C@@H](C)CC(C)(C)C1. The predicted octanol–water partition coefficient (Wildman–Crippen LogP) is 6.49. The zero-order valence-corrected chi connectivity index (χ0v) is 21.2. The molecule has 11 heteroatoms. The van der Waals surface area contributed by atoms with Gasteiger partial charge in [0.1, 0.15) is 11.5 Å². The minimum atomic E-state index is -4.77. The number of hydrogen-bond acceptors (Lipinski definition) is 6. The number of anilines is 2. The van der Waals surface area contributed by atoms with E-state index in [1.165, 1.54) is 31.4 Å². The van der Waals surface area contributed by atoms with Crippen molar-refractivity contribution in [2.75, 3.05) is 12.4 Å². The Bertz CT molecular complexity index is 1270. The van der Waals surface area contributed by atoms with E-state index in [2.05, 4.69) is 40.4 Å². The number of carboxylic acid groups (broad SMARTS) is 1. The van der Waals surface area contributed by atoms with Gasteiger partial charge in [-0.25, -0.2) is 4.98 Å². The van der Waals surface area contributed by atoms with Crippen molar-refractivity contribution in [1.82, 2.24) is 14.5 Å². The number of rotatable bonds is 8. The highest BCUT2D eigenvalue weighted by molar-refractivity contribution is 5.79. The second-order valence-electron chi connectivity index (χ2n) is 10.4. The predicted molar refractivity (Wildman–Crippen MR) is 132 cm³/mol. The average Bonchev–Trinajstić information content (AvgIpc) is 3.12. The number of methoxy groups -OCH3 is 1. The van der Waals surface area contributed by atoms with E-state index in [-0.39, 0.29) is 30.0 Å². The summed E-state index contributed by atoms with van der Waals surface area (Å²) in [5, 5.41) is 12.4. The van der Waals surface area contributed by atoms with E-state index in [1.54, 1.807) is 0 Å². The van der Waals surface area contributed by atoms with E-state index in [9.17, 15) is 18.0 Å². The lowest BCUT2D eigenvalue weighted by Gasteiger charge is -2.40. The fourth-order valence-electron chi connectivity index (χ4n) is 5.44. The quantitative estimate of drug-likeness (QED) is 0.350. The number of fused-ring (bicyclic) bond motifs is 1. The molecule has 200 valence electrons. The number of nitrogens with one attached hydrogen (secondary N) is 1. The van der Waals surface area contributed by atoms with Crippen LogP contribution >= 0.6 is 0 Å². The van der Waals surface area contributed by atoms with E-state index in [0.717, 1.165) is 24.8 Å². The largest absolute Gasteiger partial charge is 0.573 e. The van der Waals surface area contributed by atoms with Gasteiger partial charge < -0.3 is 24.5 Å². The molecule has 2 N–H and O–H groups in total. The Labute approximate surface area is 212 Å². The minimum absolute atomic E-state index is 0.0930. The second kappa shape index (κ2) is 10.1. The number of carbonyl (C=O) groups is 1. The van der Waals surface area contributed by atoms with Crippen LogP contribution < -0.4 is 14.8 Å². The summed E-state index contributed by atoms with van der Waals surface area (Å²) in [6.45, 7) is 6.70. The van der Waals surface area contributed by atoms with Crippen LogP contribution in [0, 0.1) is 11.3 Å². The molecule has 37 heavy (non-hydrogen) atoms. The van der Waals surface area contributed by atoms with Crippen LogP contribution in [0.1, 0.15) is 58.2 Å². The third kappa shape index (κ3) is 6.44. The van der Waals surface area contributed by atoms with Gasteiger partial charge in [0.25, 0.3) is 0 Å². The van der Waals surface area contributed by atoms with Gasteiger partial charge in [0.05, 0.1) is 24.7 Å². The minimum Gasteiger partial charge on any atom is -0.495 e. The summed E-state index contributed by atoms with van der Waals surface area (Å²) in [6, 6.07) is 7.38. The molecule has 1 aliphatic rings. The summed E-state index contributed by atoms with van der Waals surface area (Å²) >= 11 is 0. The van der Waals surface area contributed by atoms with E-state index >= 15 is 0 Å². The van der Waals surface area contributed by atoms with Gasteiger partial charge in [-0.05, 0) is 54.9 Å². The van der Waals surface area contributed by atoms with Gasteiger partial charge in [0, 0.05) is 24.2 Å². The monoisotopic (exact) mass is 520 g/mol. The Morgan fingerprint density at radius 1 is 1.22 bits per heavy atom. The van der Waals surface area contributed by atoms with Gasteiger partial charge in [0.2, 0.25) is 5.95 Å². The van der Waals surface area contributed by atoms with Crippen molar-refractivity contribution in [3.05, 3.63) is 36.0 Å². The molecule has 8 nitrogen and oxygen atoms in total. The molecule has 1 aromatic carbocycles. The van der Waals surface area contributed by atoms with E-state index in [4.69, 9.17) is 14.8 Å². The number of pyridine rings is 1. The molecule has 0 amide bonds. The summed E-state index contributed by atoms with van der Waals surface area (Å²) in [4.78, 5) is 20.5. The average molecular weight is 521 g/mol. The van der Waals surface area contributed by atoms with E-state index < -0.39 is 12.3 Å². The van der Waals surface area contributed by atoms with Gasteiger partial charge in [-0.2, -0.15) is 4.98 Å². The molecular weight excluding hydrogens is 489 g/mol. The van der Waals surface area contributed by atoms with Crippen LogP contribution in [-0.4, -0.2) is 39.1 Å². The lowest BCUT2D eigenvalue weighted by atomic mass is 9.70. The molecule has 0 aliphatic heterocycles. The lowest BCUT2D eigenvalue weighted by Crippen LogP contribution is -2.29. The van der Waals surface area contributed by atoms with Gasteiger partial charge in [-0.15, -0.1) is 13.2 Å². The van der Waals surface area contributed by atoms with Crippen LogP contribution in [0.25, 0.3) is 11.2 Å². The number of aryl methyl sites for hydroxylation is 1. The third-order valence-corrected chi connectivity index (χ3v) is 6.59. The normalized spacial score (nSPS) is 19.5. The molecule has 0 unspecified atom stereocenters. The molecule has 3 aromatic rings. The van der Waals surface area contributed by atoms with Gasteiger partial charge >= 0.3 is 12.3 Å². The van der Waals surface area contributed by atoms with Crippen LogP contribution in [0.2, 0.25) is 0 Å². The van der Waals surface area contributed by atoms with Gasteiger partial charge in [0.15, 0.2) is 5.65 Å². The molecule has 0 spiro atoms. The Kier molecular flexibility index (Phi) is 7.25. The number of ether oxygens (including phenoxy) is 2. The third-order valence-electron chi connectivity index (χ3n) is 6.59. The highest BCUT2D eigenvalue weighted by Gasteiger charge is 2.35. The van der Waals surface area contributed by atoms with Crippen LogP contribution in [0.5, 0.6) is 11.5 Å². The summed E-state index contributed by atoms with van der Waals surface area (Å²) in [5.41, 5.74) is 2.32. The number of aromatic nitrogens is 3. The van der Waals surface area contributed by atoms with Crippen molar-refractivity contribution >= 4 is 28.8 Å². The Hall–Kier alpha value is -3.50. The summed E-state index contributed by atoms with van der Waals surface area (Å²) < 4.78 is 49.3. The molecule has 2 aromatic heterocycles. The molecule has 2 heterocycles. The molecule has 0 saturated heterocycles. The highest BCUT2D eigenvalue weighted by atomic mass is 19.4. The van der Waals surface area contributed by atoms with Crippen molar-refractivity contribution in [1.29, 1.82) is 0 Å². The number of nitrogens with zero attached hydrogens (tertiary/aromatic N) is 3. The van der Waals surface area contributed by atoms with Crippen molar-refractivity contribution < 1.29 is 32.5 Å². The number of alkyl halides is 3. The zero-order valence-electron chi connectivity index (χ0n) is 21.2. The number of hydrogen-bond donors (Lipinski definition) is 2. The van der Waals surface area contributed by atoms with E-state index in [1.807, 2.05) is 6.07 Å². The molecule has 2 atom stereocenters. The standard InChI is InChI=1S/C26H31F3N4O4/c1-15-11-17(14-25(2,3)13-15)33-20-12-21(36-4)19(9-10-22(34)35)31-23(20)32-24(33)30-16-5-7-18(8-6-16)37-26(27,28)29/h5-8,12,15,17H,9-11,13-14H2,1-4H3,(H,34,35)(H,30,31,32)/t15-,17+/m1/s1. The first-order valence-electron chi connectivity index (χ1n) is 12.1. The lowest BCUT2D eigenvalue weighted by molar-refractivity contribution is -0.274. The fraction of sp³-hybridized carbons (Fsp3) is 0.500. The van der Waals surface area contributed by atoms with E-state index in [0.29, 0.717) is 34.6 Å². The van der Waals surface area contributed by atoms with Crippen LogP contribution in [-0.2, 0) is 11.2 Å². The van der Waals surface area contributed by atoms with Crippen molar-refractivity contribution in [2.45, 2.75) is 65.3 Å². The first kappa shape index (κ1) is 26.6. The zero-order chi connectivity index (χ0) is 27.0. The Balaban J connectivity index is 1.77. The van der Waals surface area contributed by atoms with Crippen molar-refractivity contribution in [3.63, 3.8) is 0 Å². The first-order chi connectivity index (χ1) is 17.3. The second-order valence-corrected chi connectivity index (χ2v) is 10.4. The molecule has 4 rings (SSSR count). The first-order valence-corrected chi connectivity index (χ1v) is 12.1. The molecule has 0 radical (unpaired) electrons. The number of imidazole rings is 1. The van der Waals surface area contributed by atoms with Crippen LogP contribution in [0.15, 0.2) is 30.3 Å². The molecular formula is C26H31F3N4O4. The molecule has 1 aliphatic carbocycles. The van der Waals surface area contributed by atoms with Gasteiger partial charge in [-0.3, -0.25) is 4.79 Å². The number of carboxylic acids is 1. The highest BCUT2D eigenvalue weighted by Crippen LogP contribution is 2.46. The summed E-state index contributed by atoms with van der Waals surface area (Å²) in [6.07, 6.45) is -1.75. The molecule has 0 bridgehead atoms. The van der Waals surface area contributed by atoms with Crippen LogP contribution in [0.4, 0.5) is 24.8 Å². The van der Waals surface area contributed by atoms with Crippen molar-refractivity contribution in [2.24, 2.45) is 11.3 Å². The fourth-order valence-corrected chi connectivity index (χ4v) is 5.44. The number of benzene rings is 1. The smallest absolute Gasteiger partial charge is 0.495 e. The number of aliphatic carboxylic acids is 1. The van der Waals surface area contributed by atoms with Gasteiger partial charge in [-0.1, -0.05) is 20.8 Å². The number of halogens is 3. The Morgan fingerprint density at radius 3 is 2.51 bits per heavy atom.